The molecule has 3 rings (SSSR count). The van der Waals surface area contributed by atoms with Gasteiger partial charge in [0.15, 0.2) is 0 Å². The van der Waals surface area contributed by atoms with Crippen molar-refractivity contribution < 1.29 is 14.6 Å². The van der Waals surface area contributed by atoms with Crippen molar-refractivity contribution in [3.05, 3.63) is 29.8 Å². The third kappa shape index (κ3) is 2.91. The molecule has 21 heavy (non-hydrogen) atoms. The molecule has 2 aliphatic rings. The van der Waals surface area contributed by atoms with Crippen LogP contribution < -0.4 is 4.74 Å². The van der Waals surface area contributed by atoms with Crippen molar-refractivity contribution in [2.45, 2.75) is 57.8 Å². The lowest BCUT2D eigenvalue weighted by atomic mass is 9.89. The van der Waals surface area contributed by atoms with Crippen molar-refractivity contribution in [1.29, 1.82) is 0 Å². The molecule has 1 aromatic carbocycles. The molecule has 2 fully saturated rings. The third-order valence-electron chi connectivity index (χ3n) is 4.63. The number of carboxylic acid groups (broad SMARTS) is 1. The zero-order valence-corrected chi connectivity index (χ0v) is 12.7. The van der Waals surface area contributed by atoms with Crippen LogP contribution in [0.5, 0.6) is 5.75 Å². The molecule has 2 bridgehead atoms. The Balaban J connectivity index is 1.71. The molecule has 0 saturated carbocycles. The van der Waals surface area contributed by atoms with Crippen LogP contribution in [0.3, 0.4) is 0 Å². The molecule has 1 aromatic rings. The standard InChI is InChI=1S/C17H23NO3/c1-11(2)21-14-5-3-4-12(8-14)10-18-13-6-7-16(18)15(9-13)17(19)20/h3-5,8,11,13,15-16H,6-7,9-10H2,1-2H3,(H,19,20). The van der Waals surface area contributed by atoms with Gasteiger partial charge in [-0.1, -0.05) is 12.1 Å². The van der Waals surface area contributed by atoms with Crippen molar-refractivity contribution in [3.63, 3.8) is 0 Å². The van der Waals surface area contributed by atoms with Gasteiger partial charge in [0.1, 0.15) is 5.75 Å². The summed E-state index contributed by atoms with van der Waals surface area (Å²) in [6.07, 6.45) is 3.13. The zero-order chi connectivity index (χ0) is 15.0. The first-order valence-electron chi connectivity index (χ1n) is 7.78. The van der Waals surface area contributed by atoms with Crippen molar-refractivity contribution in [3.8, 4) is 5.75 Å². The number of fused-ring (bicyclic) bond motifs is 2. The van der Waals surface area contributed by atoms with E-state index in [9.17, 15) is 9.90 Å². The lowest BCUT2D eigenvalue weighted by molar-refractivity contribution is -0.142. The highest BCUT2D eigenvalue weighted by atomic mass is 16.5. The van der Waals surface area contributed by atoms with Gasteiger partial charge in [0.25, 0.3) is 0 Å². The summed E-state index contributed by atoms with van der Waals surface area (Å²) in [5.41, 5.74) is 1.20. The Morgan fingerprint density at radius 3 is 2.90 bits per heavy atom. The summed E-state index contributed by atoms with van der Waals surface area (Å²) < 4.78 is 5.74. The largest absolute Gasteiger partial charge is 0.491 e. The molecular formula is C17H23NO3. The van der Waals surface area contributed by atoms with Crippen molar-refractivity contribution in [2.24, 2.45) is 5.92 Å². The molecule has 4 nitrogen and oxygen atoms in total. The van der Waals surface area contributed by atoms with Crippen LogP contribution in [0.15, 0.2) is 24.3 Å². The number of benzene rings is 1. The second kappa shape index (κ2) is 5.68. The summed E-state index contributed by atoms with van der Waals surface area (Å²) in [6.45, 7) is 4.87. The molecule has 3 atom stereocenters. The summed E-state index contributed by atoms with van der Waals surface area (Å²) in [5.74, 6) is 0.0757. The van der Waals surface area contributed by atoms with Crippen molar-refractivity contribution in [1.82, 2.24) is 4.90 Å². The molecular weight excluding hydrogens is 266 g/mol. The minimum Gasteiger partial charge on any atom is -0.491 e. The van der Waals surface area contributed by atoms with E-state index in [-0.39, 0.29) is 18.1 Å². The number of hydrogen-bond donors (Lipinski definition) is 1. The van der Waals surface area contributed by atoms with E-state index in [1.807, 2.05) is 26.0 Å². The number of ether oxygens (including phenoxy) is 1. The summed E-state index contributed by atoms with van der Waals surface area (Å²) in [5, 5.41) is 9.32. The predicted molar refractivity (Wildman–Crippen MR) is 80.3 cm³/mol. The molecule has 2 aliphatic heterocycles. The van der Waals surface area contributed by atoms with E-state index < -0.39 is 5.97 Å². The van der Waals surface area contributed by atoms with Gasteiger partial charge < -0.3 is 9.84 Å². The van der Waals surface area contributed by atoms with Crippen LogP contribution in [0.2, 0.25) is 0 Å². The van der Waals surface area contributed by atoms with Gasteiger partial charge in [-0.25, -0.2) is 0 Å². The Bertz CT molecular complexity index is 529. The molecule has 114 valence electrons. The third-order valence-corrected chi connectivity index (χ3v) is 4.63. The van der Waals surface area contributed by atoms with Gasteiger partial charge in [-0.2, -0.15) is 0 Å². The van der Waals surface area contributed by atoms with E-state index in [0.29, 0.717) is 6.04 Å². The highest BCUT2D eigenvalue weighted by Crippen LogP contribution is 2.42. The van der Waals surface area contributed by atoms with E-state index in [1.165, 1.54) is 5.56 Å². The lowest BCUT2D eigenvalue weighted by Gasteiger charge is -2.23. The number of nitrogens with zero attached hydrogens (tertiary/aromatic N) is 1. The van der Waals surface area contributed by atoms with Gasteiger partial charge in [-0.15, -0.1) is 0 Å². The van der Waals surface area contributed by atoms with E-state index in [1.54, 1.807) is 0 Å². The Labute approximate surface area is 125 Å². The molecule has 0 amide bonds. The van der Waals surface area contributed by atoms with Crippen LogP contribution in [0, 0.1) is 5.92 Å². The summed E-state index contributed by atoms with van der Waals surface area (Å²) in [7, 11) is 0. The summed E-state index contributed by atoms with van der Waals surface area (Å²) in [4.78, 5) is 13.7. The normalized spacial score (nSPS) is 28.2. The fourth-order valence-electron chi connectivity index (χ4n) is 3.81. The second-order valence-electron chi connectivity index (χ2n) is 6.47. The van der Waals surface area contributed by atoms with Gasteiger partial charge in [0, 0.05) is 18.6 Å². The minimum absolute atomic E-state index is 0.166. The van der Waals surface area contributed by atoms with Gasteiger partial charge in [-0.05, 0) is 50.8 Å². The monoisotopic (exact) mass is 289 g/mol. The molecule has 4 heteroatoms. The van der Waals surface area contributed by atoms with E-state index in [4.69, 9.17) is 4.74 Å². The smallest absolute Gasteiger partial charge is 0.308 e. The topological polar surface area (TPSA) is 49.8 Å². The average molecular weight is 289 g/mol. The fourth-order valence-corrected chi connectivity index (χ4v) is 3.81. The molecule has 0 aromatic heterocycles. The first-order valence-corrected chi connectivity index (χ1v) is 7.78. The quantitative estimate of drug-likeness (QED) is 0.905. The number of rotatable bonds is 5. The number of aliphatic carboxylic acids is 1. The Kier molecular flexibility index (Phi) is 3.89. The van der Waals surface area contributed by atoms with E-state index >= 15 is 0 Å². The SMILES string of the molecule is CC(C)Oc1cccc(CN2C3CCC2C(C(=O)O)C3)c1. The van der Waals surface area contributed by atoms with Crippen LogP contribution >= 0.6 is 0 Å². The van der Waals surface area contributed by atoms with E-state index in [0.717, 1.165) is 31.6 Å². The first-order chi connectivity index (χ1) is 10.0. The summed E-state index contributed by atoms with van der Waals surface area (Å²) in [6, 6.07) is 8.81. The van der Waals surface area contributed by atoms with Gasteiger partial charge >= 0.3 is 5.97 Å². The molecule has 0 spiro atoms. The minimum atomic E-state index is -0.635. The van der Waals surface area contributed by atoms with Crippen LogP contribution in [0.4, 0.5) is 0 Å². The predicted octanol–water partition coefficient (Wildman–Crippen LogP) is 2.91. The molecule has 3 unspecified atom stereocenters. The number of hydrogen-bond acceptors (Lipinski definition) is 3. The van der Waals surface area contributed by atoms with E-state index in [2.05, 4.69) is 17.0 Å². The fraction of sp³-hybridized carbons (Fsp3) is 0.588. The molecule has 2 saturated heterocycles. The highest BCUT2D eigenvalue weighted by molar-refractivity contribution is 5.71. The van der Waals surface area contributed by atoms with Gasteiger partial charge in [0.05, 0.1) is 12.0 Å². The molecule has 0 aliphatic carbocycles. The maximum atomic E-state index is 11.3. The van der Waals surface area contributed by atoms with Gasteiger partial charge in [-0.3, -0.25) is 9.69 Å². The average Bonchev–Trinajstić information content (AvgIpc) is 2.95. The number of carbonyl (C=O) groups is 1. The zero-order valence-electron chi connectivity index (χ0n) is 12.7. The molecule has 2 heterocycles. The highest BCUT2D eigenvalue weighted by Gasteiger charge is 2.48. The van der Waals surface area contributed by atoms with Crippen LogP contribution in [0.25, 0.3) is 0 Å². The maximum Gasteiger partial charge on any atom is 0.308 e. The van der Waals surface area contributed by atoms with Crippen LogP contribution in [0.1, 0.15) is 38.7 Å². The van der Waals surface area contributed by atoms with Crippen molar-refractivity contribution in [2.75, 3.05) is 0 Å². The Hall–Kier alpha value is -1.55. The first kappa shape index (κ1) is 14.4. The Morgan fingerprint density at radius 1 is 1.43 bits per heavy atom. The number of carboxylic acids is 1. The van der Waals surface area contributed by atoms with Crippen molar-refractivity contribution >= 4 is 5.97 Å². The van der Waals surface area contributed by atoms with Crippen LogP contribution in [-0.4, -0.2) is 34.2 Å². The van der Waals surface area contributed by atoms with Gasteiger partial charge in [0.2, 0.25) is 0 Å². The summed E-state index contributed by atoms with van der Waals surface area (Å²) >= 11 is 0. The lowest BCUT2D eigenvalue weighted by Crippen LogP contribution is -2.32. The molecule has 1 N–H and O–H groups in total. The molecule has 0 radical (unpaired) electrons. The second-order valence-corrected chi connectivity index (χ2v) is 6.47. The maximum absolute atomic E-state index is 11.3. The Morgan fingerprint density at radius 2 is 2.24 bits per heavy atom. The van der Waals surface area contributed by atoms with Crippen LogP contribution in [-0.2, 0) is 11.3 Å².